The summed E-state index contributed by atoms with van der Waals surface area (Å²) < 4.78 is 5.36. The third kappa shape index (κ3) is 3.61. The predicted octanol–water partition coefficient (Wildman–Crippen LogP) is 3.94. The van der Waals surface area contributed by atoms with Crippen LogP contribution in [-0.2, 0) is 9.53 Å². The summed E-state index contributed by atoms with van der Waals surface area (Å²) in [4.78, 5) is 23.3. The highest BCUT2D eigenvalue weighted by Gasteiger charge is 2.29. The van der Waals surface area contributed by atoms with Gasteiger partial charge in [0.05, 0.1) is 0 Å². The molecule has 2 aromatic carbocycles. The number of ether oxygens (including phenoxy) is 1. The third-order valence-electron chi connectivity index (χ3n) is 4.54. The highest BCUT2D eigenvalue weighted by Crippen LogP contribution is 2.44. The standard InChI is InChI=1S/C21H21NO4/c1-2-3-12-19(20(23)24)22-21(25)26-13-18-16-10-6-4-8-14(16)15-9-5-7-11-17(15)18/h2-11,18-19H,12-13H2,1H3,(H,22,25)(H,23,24)/b3-2+/t19-/m0/s1. The number of carbonyl (C=O) groups is 2. The quantitative estimate of drug-likeness (QED) is 0.773. The van der Waals surface area contributed by atoms with Gasteiger partial charge in [0.15, 0.2) is 0 Å². The molecule has 0 unspecified atom stereocenters. The molecule has 0 saturated heterocycles. The smallest absolute Gasteiger partial charge is 0.407 e. The van der Waals surface area contributed by atoms with Crippen LogP contribution < -0.4 is 5.32 Å². The lowest BCUT2D eigenvalue weighted by molar-refractivity contribution is -0.139. The number of carboxylic acids is 1. The average Bonchev–Trinajstić information content (AvgIpc) is 2.97. The highest BCUT2D eigenvalue weighted by molar-refractivity contribution is 5.81. The minimum absolute atomic E-state index is 0.0491. The molecule has 0 saturated carbocycles. The van der Waals surface area contributed by atoms with Crippen molar-refractivity contribution in [2.45, 2.75) is 25.3 Å². The number of aliphatic carboxylic acids is 1. The second kappa shape index (κ2) is 7.87. The van der Waals surface area contributed by atoms with Crippen molar-refractivity contribution in [2.24, 2.45) is 0 Å². The fraction of sp³-hybridized carbons (Fsp3) is 0.238. The van der Waals surface area contributed by atoms with Crippen LogP contribution >= 0.6 is 0 Å². The molecular weight excluding hydrogens is 330 g/mol. The van der Waals surface area contributed by atoms with Gasteiger partial charge in [-0.05, 0) is 35.6 Å². The number of amides is 1. The maximum absolute atomic E-state index is 12.1. The van der Waals surface area contributed by atoms with Gasteiger partial charge in [0.2, 0.25) is 0 Å². The highest BCUT2D eigenvalue weighted by atomic mass is 16.5. The molecule has 1 aliphatic carbocycles. The monoisotopic (exact) mass is 351 g/mol. The molecule has 26 heavy (non-hydrogen) atoms. The predicted molar refractivity (Wildman–Crippen MR) is 99.1 cm³/mol. The van der Waals surface area contributed by atoms with E-state index in [1.54, 1.807) is 19.1 Å². The molecule has 3 rings (SSSR count). The number of allylic oxidation sites excluding steroid dienone is 1. The van der Waals surface area contributed by atoms with Crippen molar-refractivity contribution in [2.75, 3.05) is 6.61 Å². The summed E-state index contributed by atoms with van der Waals surface area (Å²) in [5.41, 5.74) is 4.53. The largest absolute Gasteiger partial charge is 0.480 e. The van der Waals surface area contributed by atoms with Crippen LogP contribution in [0, 0.1) is 0 Å². The van der Waals surface area contributed by atoms with Gasteiger partial charge in [0.1, 0.15) is 12.6 Å². The number of fused-ring (bicyclic) bond motifs is 3. The average molecular weight is 351 g/mol. The molecule has 5 heteroatoms. The summed E-state index contributed by atoms with van der Waals surface area (Å²) in [6.07, 6.45) is 2.94. The Balaban J connectivity index is 1.70. The van der Waals surface area contributed by atoms with Gasteiger partial charge >= 0.3 is 12.1 Å². The van der Waals surface area contributed by atoms with Gasteiger partial charge in [0.25, 0.3) is 0 Å². The number of nitrogens with one attached hydrogen (secondary N) is 1. The second-order valence-electron chi connectivity index (χ2n) is 6.17. The van der Waals surface area contributed by atoms with Gasteiger partial charge in [-0.3, -0.25) is 0 Å². The Morgan fingerprint density at radius 3 is 2.23 bits per heavy atom. The maximum atomic E-state index is 12.1. The Hall–Kier alpha value is -3.08. The second-order valence-corrected chi connectivity index (χ2v) is 6.17. The molecule has 0 spiro atoms. The first kappa shape index (κ1) is 17.7. The van der Waals surface area contributed by atoms with Gasteiger partial charge in [-0.15, -0.1) is 0 Å². The molecule has 2 aromatic rings. The van der Waals surface area contributed by atoms with E-state index in [1.807, 2.05) is 36.4 Å². The maximum Gasteiger partial charge on any atom is 0.407 e. The molecule has 134 valence electrons. The molecule has 1 amide bonds. The molecule has 0 bridgehead atoms. The molecule has 0 heterocycles. The topological polar surface area (TPSA) is 75.6 Å². The van der Waals surface area contributed by atoms with Crippen LogP contribution in [0.3, 0.4) is 0 Å². The molecule has 0 aliphatic heterocycles. The number of carbonyl (C=O) groups excluding carboxylic acids is 1. The van der Waals surface area contributed by atoms with Crippen molar-refractivity contribution in [3.05, 3.63) is 71.8 Å². The Bertz CT molecular complexity index is 798. The Kier molecular flexibility index (Phi) is 5.37. The molecule has 2 N–H and O–H groups in total. The van der Waals surface area contributed by atoms with Crippen LogP contribution in [0.2, 0.25) is 0 Å². The fourth-order valence-corrected chi connectivity index (χ4v) is 3.28. The Morgan fingerprint density at radius 1 is 1.12 bits per heavy atom. The number of hydrogen-bond acceptors (Lipinski definition) is 3. The van der Waals surface area contributed by atoms with E-state index in [-0.39, 0.29) is 18.9 Å². The summed E-state index contributed by atoms with van der Waals surface area (Å²) in [7, 11) is 0. The molecule has 0 radical (unpaired) electrons. The lowest BCUT2D eigenvalue weighted by Crippen LogP contribution is -2.41. The lowest BCUT2D eigenvalue weighted by atomic mass is 9.98. The zero-order valence-corrected chi connectivity index (χ0v) is 14.5. The van der Waals surface area contributed by atoms with E-state index in [0.29, 0.717) is 0 Å². The van der Waals surface area contributed by atoms with E-state index in [9.17, 15) is 14.7 Å². The zero-order valence-electron chi connectivity index (χ0n) is 14.5. The van der Waals surface area contributed by atoms with Crippen LogP contribution in [0.5, 0.6) is 0 Å². The molecule has 0 fully saturated rings. The minimum Gasteiger partial charge on any atom is -0.480 e. The van der Waals surface area contributed by atoms with E-state index in [4.69, 9.17) is 4.74 Å². The zero-order chi connectivity index (χ0) is 18.5. The van der Waals surface area contributed by atoms with Gasteiger partial charge in [-0.1, -0.05) is 60.7 Å². The number of benzene rings is 2. The van der Waals surface area contributed by atoms with E-state index in [1.165, 1.54) is 0 Å². The van der Waals surface area contributed by atoms with Crippen LogP contribution in [0.15, 0.2) is 60.7 Å². The van der Waals surface area contributed by atoms with E-state index < -0.39 is 18.1 Å². The van der Waals surface area contributed by atoms with Crippen molar-refractivity contribution in [3.8, 4) is 11.1 Å². The van der Waals surface area contributed by atoms with Crippen molar-refractivity contribution < 1.29 is 19.4 Å². The normalized spacial score (nSPS) is 13.9. The number of rotatable bonds is 6. The summed E-state index contributed by atoms with van der Waals surface area (Å²) in [6.45, 7) is 1.96. The first-order valence-electron chi connectivity index (χ1n) is 8.57. The summed E-state index contributed by atoms with van der Waals surface area (Å²) in [5.74, 6) is -1.14. The van der Waals surface area contributed by atoms with E-state index in [0.717, 1.165) is 22.3 Å². The van der Waals surface area contributed by atoms with Crippen molar-refractivity contribution in [1.82, 2.24) is 5.32 Å². The summed E-state index contributed by atoms with van der Waals surface area (Å²) in [5, 5.41) is 11.6. The van der Waals surface area contributed by atoms with Crippen molar-refractivity contribution in [3.63, 3.8) is 0 Å². The van der Waals surface area contributed by atoms with Crippen LogP contribution in [0.25, 0.3) is 11.1 Å². The summed E-state index contributed by atoms with van der Waals surface area (Å²) >= 11 is 0. The van der Waals surface area contributed by atoms with Gasteiger partial charge in [-0.2, -0.15) is 0 Å². The van der Waals surface area contributed by atoms with Gasteiger partial charge < -0.3 is 15.2 Å². The number of hydrogen-bond donors (Lipinski definition) is 2. The molecule has 1 aliphatic rings. The SMILES string of the molecule is C/C=C/C[C@H](NC(=O)OCC1c2ccccc2-c2ccccc21)C(=O)O. The Labute approximate surface area is 152 Å². The van der Waals surface area contributed by atoms with E-state index >= 15 is 0 Å². The van der Waals surface area contributed by atoms with Crippen molar-refractivity contribution >= 4 is 12.1 Å². The third-order valence-corrected chi connectivity index (χ3v) is 4.54. The first-order chi connectivity index (χ1) is 12.6. The molecular formula is C21H21NO4. The van der Waals surface area contributed by atoms with Crippen LogP contribution in [0.4, 0.5) is 4.79 Å². The lowest BCUT2D eigenvalue weighted by Gasteiger charge is -2.16. The van der Waals surface area contributed by atoms with Crippen LogP contribution in [-0.4, -0.2) is 29.8 Å². The Morgan fingerprint density at radius 2 is 1.69 bits per heavy atom. The van der Waals surface area contributed by atoms with Gasteiger partial charge in [-0.25, -0.2) is 9.59 Å². The molecule has 0 aromatic heterocycles. The first-order valence-corrected chi connectivity index (χ1v) is 8.57. The number of alkyl carbamates (subject to hydrolysis) is 1. The number of carboxylic acid groups (broad SMARTS) is 1. The minimum atomic E-state index is -1.09. The van der Waals surface area contributed by atoms with Crippen LogP contribution in [0.1, 0.15) is 30.4 Å². The molecule has 5 nitrogen and oxygen atoms in total. The molecule has 1 atom stereocenters. The van der Waals surface area contributed by atoms with Crippen molar-refractivity contribution in [1.29, 1.82) is 0 Å². The fourth-order valence-electron chi connectivity index (χ4n) is 3.28. The van der Waals surface area contributed by atoms with Gasteiger partial charge in [0, 0.05) is 5.92 Å². The summed E-state index contributed by atoms with van der Waals surface area (Å²) in [6, 6.07) is 15.1. The van der Waals surface area contributed by atoms with E-state index in [2.05, 4.69) is 17.4 Å².